The molecule has 4 nitrogen and oxygen atoms in total. The van der Waals surface area contributed by atoms with Gasteiger partial charge in [-0.2, -0.15) is 0 Å². The highest BCUT2D eigenvalue weighted by Crippen LogP contribution is 2.50. The Morgan fingerprint density at radius 1 is 0.639 bits per heavy atom. The van der Waals surface area contributed by atoms with E-state index in [0.717, 1.165) is 51.4 Å². The standard InChI is InChI=1S/C32H60O4/c1-7-10-12-14-17-25(33)19-16-21-31(4,5)27-23-30(36)28(24-29(27)35)32(6,9-3)22-20-26(34)18-15-13-11-8-2/h27-30,35-36H,7-24H2,1-6H3. The molecule has 0 heterocycles. The minimum atomic E-state index is -0.456. The van der Waals surface area contributed by atoms with Crippen molar-refractivity contribution < 1.29 is 19.8 Å². The third-order valence-corrected chi connectivity index (χ3v) is 9.50. The number of rotatable bonds is 20. The second kappa shape index (κ2) is 17.0. The summed E-state index contributed by atoms with van der Waals surface area (Å²) in [5.74, 6) is 0.757. The molecule has 5 unspecified atom stereocenters. The van der Waals surface area contributed by atoms with Gasteiger partial charge in [-0.25, -0.2) is 0 Å². The number of aliphatic hydroxyl groups is 2. The molecule has 0 bridgehead atoms. The molecule has 36 heavy (non-hydrogen) atoms. The van der Waals surface area contributed by atoms with Crippen LogP contribution in [0, 0.1) is 22.7 Å². The van der Waals surface area contributed by atoms with E-state index in [2.05, 4.69) is 41.5 Å². The maximum absolute atomic E-state index is 12.5. The fourth-order valence-corrected chi connectivity index (χ4v) is 6.48. The summed E-state index contributed by atoms with van der Waals surface area (Å²) in [6, 6.07) is 0. The number of carbonyl (C=O) groups is 2. The van der Waals surface area contributed by atoms with E-state index in [1.165, 1.54) is 25.7 Å². The predicted octanol–water partition coefficient (Wildman–Crippen LogP) is 8.21. The molecule has 1 rings (SSSR count). The van der Waals surface area contributed by atoms with Gasteiger partial charge in [-0.1, -0.05) is 86.5 Å². The summed E-state index contributed by atoms with van der Waals surface area (Å²) < 4.78 is 0. The van der Waals surface area contributed by atoms with Gasteiger partial charge in [0.1, 0.15) is 11.6 Å². The number of hydrogen-bond acceptors (Lipinski definition) is 4. The highest BCUT2D eigenvalue weighted by molar-refractivity contribution is 5.78. The molecular formula is C32H60O4. The lowest BCUT2D eigenvalue weighted by Gasteiger charge is -2.50. The number of carbonyl (C=O) groups excluding carboxylic acids is 2. The fraction of sp³-hybridized carbons (Fsp3) is 0.938. The van der Waals surface area contributed by atoms with Crippen LogP contribution in [0.2, 0.25) is 0 Å². The van der Waals surface area contributed by atoms with Gasteiger partial charge in [0.05, 0.1) is 12.2 Å². The van der Waals surface area contributed by atoms with E-state index in [1.807, 2.05) is 0 Å². The van der Waals surface area contributed by atoms with Crippen molar-refractivity contribution >= 4 is 11.6 Å². The maximum atomic E-state index is 12.5. The molecule has 212 valence electrons. The predicted molar refractivity (Wildman–Crippen MR) is 151 cm³/mol. The maximum Gasteiger partial charge on any atom is 0.132 e. The van der Waals surface area contributed by atoms with E-state index in [4.69, 9.17) is 0 Å². The van der Waals surface area contributed by atoms with Crippen molar-refractivity contribution in [2.75, 3.05) is 0 Å². The topological polar surface area (TPSA) is 74.6 Å². The summed E-state index contributed by atoms with van der Waals surface area (Å²) in [4.78, 5) is 24.7. The van der Waals surface area contributed by atoms with Crippen molar-refractivity contribution in [2.45, 2.75) is 169 Å². The number of Topliss-reactive ketones (excluding diaryl/α,β-unsaturated/α-hetero) is 2. The molecule has 5 atom stereocenters. The Kier molecular flexibility index (Phi) is 15.7. The first-order chi connectivity index (χ1) is 17.0. The quantitative estimate of drug-likeness (QED) is 0.162. The van der Waals surface area contributed by atoms with E-state index in [0.29, 0.717) is 50.1 Å². The molecule has 0 aromatic rings. The van der Waals surface area contributed by atoms with Crippen LogP contribution in [0.15, 0.2) is 0 Å². The smallest absolute Gasteiger partial charge is 0.132 e. The molecule has 0 amide bonds. The van der Waals surface area contributed by atoms with Crippen LogP contribution in [0.4, 0.5) is 0 Å². The van der Waals surface area contributed by atoms with Gasteiger partial charge < -0.3 is 10.2 Å². The van der Waals surface area contributed by atoms with Crippen molar-refractivity contribution in [1.82, 2.24) is 0 Å². The lowest BCUT2D eigenvalue weighted by Crippen LogP contribution is -2.49. The third kappa shape index (κ3) is 11.3. The number of aliphatic hydroxyl groups excluding tert-OH is 2. The molecule has 2 N–H and O–H groups in total. The number of ketones is 2. The largest absolute Gasteiger partial charge is 0.393 e. The van der Waals surface area contributed by atoms with Crippen LogP contribution in [0.25, 0.3) is 0 Å². The fourth-order valence-electron chi connectivity index (χ4n) is 6.48. The molecule has 1 saturated carbocycles. The van der Waals surface area contributed by atoms with Crippen LogP contribution in [-0.2, 0) is 9.59 Å². The zero-order chi connectivity index (χ0) is 27.2. The second-order valence-electron chi connectivity index (χ2n) is 12.9. The van der Waals surface area contributed by atoms with Gasteiger partial charge in [-0.3, -0.25) is 9.59 Å². The number of unbranched alkanes of at least 4 members (excludes halogenated alkanes) is 6. The molecule has 0 aromatic carbocycles. The Morgan fingerprint density at radius 2 is 1.11 bits per heavy atom. The molecule has 1 fully saturated rings. The molecule has 0 saturated heterocycles. The van der Waals surface area contributed by atoms with E-state index in [1.54, 1.807) is 0 Å². The lowest BCUT2D eigenvalue weighted by atomic mass is 9.58. The van der Waals surface area contributed by atoms with Crippen LogP contribution in [0.1, 0.15) is 157 Å². The van der Waals surface area contributed by atoms with E-state index in [-0.39, 0.29) is 22.7 Å². The van der Waals surface area contributed by atoms with E-state index in [9.17, 15) is 19.8 Å². The average molecular weight is 509 g/mol. The zero-order valence-electron chi connectivity index (χ0n) is 24.7. The Morgan fingerprint density at radius 3 is 1.64 bits per heavy atom. The van der Waals surface area contributed by atoms with Crippen molar-refractivity contribution in [3.05, 3.63) is 0 Å². The average Bonchev–Trinajstić information content (AvgIpc) is 2.84. The van der Waals surface area contributed by atoms with Crippen molar-refractivity contribution in [3.8, 4) is 0 Å². The Balaban J connectivity index is 2.59. The van der Waals surface area contributed by atoms with Crippen LogP contribution < -0.4 is 0 Å². The van der Waals surface area contributed by atoms with Gasteiger partial charge >= 0.3 is 0 Å². The first-order valence-electron chi connectivity index (χ1n) is 15.4. The van der Waals surface area contributed by atoms with Gasteiger partial charge in [0, 0.05) is 25.7 Å². The lowest BCUT2D eigenvalue weighted by molar-refractivity contribution is -0.123. The Labute approximate surface area is 223 Å². The van der Waals surface area contributed by atoms with Gasteiger partial charge in [0.25, 0.3) is 0 Å². The highest BCUT2D eigenvalue weighted by Gasteiger charge is 2.47. The molecule has 0 spiro atoms. The second-order valence-corrected chi connectivity index (χ2v) is 12.9. The summed E-state index contributed by atoms with van der Waals surface area (Å²) in [6.45, 7) is 13.1. The summed E-state index contributed by atoms with van der Waals surface area (Å²) in [5.41, 5.74) is -0.260. The normalized spacial score (nSPS) is 24.4. The number of hydrogen-bond donors (Lipinski definition) is 2. The minimum Gasteiger partial charge on any atom is -0.393 e. The van der Waals surface area contributed by atoms with Gasteiger partial charge in [0.15, 0.2) is 0 Å². The molecule has 1 aliphatic rings. The summed E-state index contributed by atoms with van der Waals surface area (Å²) in [6.07, 6.45) is 15.3. The molecular weight excluding hydrogens is 448 g/mol. The summed E-state index contributed by atoms with van der Waals surface area (Å²) in [5, 5.41) is 22.5. The molecule has 0 aromatic heterocycles. The summed E-state index contributed by atoms with van der Waals surface area (Å²) >= 11 is 0. The highest BCUT2D eigenvalue weighted by atomic mass is 16.3. The van der Waals surface area contributed by atoms with Crippen LogP contribution >= 0.6 is 0 Å². The molecule has 1 aliphatic carbocycles. The first-order valence-corrected chi connectivity index (χ1v) is 15.4. The monoisotopic (exact) mass is 508 g/mol. The zero-order valence-corrected chi connectivity index (χ0v) is 24.7. The first kappa shape index (κ1) is 33.3. The van der Waals surface area contributed by atoms with Gasteiger partial charge in [-0.15, -0.1) is 0 Å². The van der Waals surface area contributed by atoms with Crippen LogP contribution in [0.5, 0.6) is 0 Å². The van der Waals surface area contributed by atoms with Crippen LogP contribution in [0.3, 0.4) is 0 Å². The van der Waals surface area contributed by atoms with Gasteiger partial charge in [0.2, 0.25) is 0 Å². The van der Waals surface area contributed by atoms with Crippen molar-refractivity contribution in [3.63, 3.8) is 0 Å². The Hall–Kier alpha value is -0.740. The van der Waals surface area contributed by atoms with E-state index < -0.39 is 12.2 Å². The van der Waals surface area contributed by atoms with Gasteiger partial charge in [-0.05, 0) is 67.6 Å². The minimum absolute atomic E-state index is 0.0159. The van der Waals surface area contributed by atoms with Crippen molar-refractivity contribution in [1.29, 1.82) is 0 Å². The van der Waals surface area contributed by atoms with Crippen molar-refractivity contribution in [2.24, 2.45) is 22.7 Å². The van der Waals surface area contributed by atoms with E-state index >= 15 is 0 Å². The van der Waals surface area contributed by atoms with Crippen LogP contribution in [-0.4, -0.2) is 34.0 Å². The molecule has 0 radical (unpaired) electrons. The SMILES string of the molecule is CCCCCCC(=O)CCCC(C)(C)C1CC(O)C(C(C)(CC)CCC(=O)CCCCCC)CC1O. The third-order valence-electron chi connectivity index (χ3n) is 9.50. The summed E-state index contributed by atoms with van der Waals surface area (Å²) in [7, 11) is 0. The Bertz CT molecular complexity index is 628. The molecule has 4 heteroatoms. The molecule has 0 aliphatic heterocycles.